The Morgan fingerprint density at radius 2 is 1.84 bits per heavy atom. The summed E-state index contributed by atoms with van der Waals surface area (Å²) < 4.78 is 16.4. The van der Waals surface area contributed by atoms with Crippen LogP contribution in [0.4, 0.5) is 0 Å². The third-order valence-corrected chi connectivity index (χ3v) is 3.62. The summed E-state index contributed by atoms with van der Waals surface area (Å²) in [6.45, 7) is 8.52. The van der Waals surface area contributed by atoms with E-state index < -0.39 is 0 Å². The summed E-state index contributed by atoms with van der Waals surface area (Å²) in [6.07, 6.45) is 0. The minimum Gasteiger partial charge on any atom is -0.497 e. The molecule has 0 spiro atoms. The topological polar surface area (TPSA) is 68.0 Å². The molecule has 1 aromatic heterocycles. The van der Waals surface area contributed by atoms with Crippen LogP contribution in [0, 0.1) is 13.8 Å². The first-order valence-electron chi connectivity index (χ1n) is 8.47. The van der Waals surface area contributed by atoms with Gasteiger partial charge in [-0.15, -0.1) is 0 Å². The van der Waals surface area contributed by atoms with Crippen LogP contribution in [0.5, 0.6) is 11.5 Å². The number of hydrogen-bond donors (Lipinski definition) is 2. The summed E-state index contributed by atoms with van der Waals surface area (Å²) in [4.78, 5) is 4.59. The molecule has 6 nitrogen and oxygen atoms in total. The van der Waals surface area contributed by atoms with Crippen LogP contribution < -0.4 is 20.1 Å². The fraction of sp³-hybridized carbons (Fsp3) is 0.421. The molecule has 2 rings (SSSR count). The van der Waals surface area contributed by atoms with Gasteiger partial charge in [0.25, 0.3) is 0 Å². The third-order valence-electron chi connectivity index (χ3n) is 3.62. The van der Waals surface area contributed by atoms with E-state index in [0.717, 1.165) is 41.1 Å². The smallest absolute Gasteiger partial charge is 0.191 e. The number of benzene rings is 1. The van der Waals surface area contributed by atoms with Gasteiger partial charge < -0.3 is 24.5 Å². The molecule has 0 atom stereocenters. The SMILES string of the molecule is CCNC(=NCc1cc(C)oc1C)NCCOc1ccc(OC)cc1. The van der Waals surface area contributed by atoms with Crippen LogP contribution in [-0.2, 0) is 6.54 Å². The average Bonchev–Trinajstić information content (AvgIpc) is 2.94. The lowest BCUT2D eigenvalue weighted by molar-refractivity contribution is 0.321. The summed E-state index contributed by atoms with van der Waals surface area (Å²) in [5.74, 6) is 4.22. The number of ether oxygens (including phenoxy) is 2. The van der Waals surface area contributed by atoms with Crippen molar-refractivity contribution in [1.29, 1.82) is 0 Å². The molecule has 0 saturated heterocycles. The van der Waals surface area contributed by atoms with Crippen molar-refractivity contribution in [3.05, 3.63) is 47.4 Å². The molecule has 2 aromatic rings. The van der Waals surface area contributed by atoms with E-state index in [2.05, 4.69) is 15.6 Å². The van der Waals surface area contributed by atoms with Crippen LogP contribution in [0.3, 0.4) is 0 Å². The molecule has 2 N–H and O–H groups in total. The fourth-order valence-electron chi connectivity index (χ4n) is 2.36. The number of nitrogens with one attached hydrogen (secondary N) is 2. The van der Waals surface area contributed by atoms with E-state index >= 15 is 0 Å². The second-order valence-electron chi connectivity index (χ2n) is 5.58. The molecule has 0 bridgehead atoms. The Morgan fingerprint density at radius 1 is 1.12 bits per heavy atom. The lowest BCUT2D eigenvalue weighted by Gasteiger charge is -2.12. The minimum absolute atomic E-state index is 0.542. The number of guanidine groups is 1. The highest BCUT2D eigenvalue weighted by Crippen LogP contribution is 2.16. The number of methoxy groups -OCH3 is 1. The Kier molecular flexibility index (Phi) is 7.19. The lowest BCUT2D eigenvalue weighted by Crippen LogP contribution is -2.39. The number of hydrogen-bond acceptors (Lipinski definition) is 4. The van der Waals surface area contributed by atoms with Crippen molar-refractivity contribution in [2.75, 3.05) is 26.8 Å². The van der Waals surface area contributed by atoms with Gasteiger partial charge in [-0.1, -0.05) is 0 Å². The van der Waals surface area contributed by atoms with Crippen molar-refractivity contribution in [3.63, 3.8) is 0 Å². The highest BCUT2D eigenvalue weighted by molar-refractivity contribution is 5.79. The van der Waals surface area contributed by atoms with Crippen molar-refractivity contribution < 1.29 is 13.9 Å². The van der Waals surface area contributed by atoms with E-state index in [1.54, 1.807) is 7.11 Å². The molecule has 25 heavy (non-hydrogen) atoms. The van der Waals surface area contributed by atoms with Gasteiger partial charge in [0.05, 0.1) is 20.2 Å². The number of furan rings is 1. The lowest BCUT2D eigenvalue weighted by atomic mass is 10.2. The van der Waals surface area contributed by atoms with Crippen molar-refractivity contribution in [3.8, 4) is 11.5 Å². The molecule has 0 unspecified atom stereocenters. The predicted octanol–water partition coefficient (Wildman–Crippen LogP) is 3.04. The Labute approximate surface area is 149 Å². The average molecular weight is 345 g/mol. The predicted molar refractivity (Wildman–Crippen MR) is 99.5 cm³/mol. The van der Waals surface area contributed by atoms with Gasteiger partial charge in [0.2, 0.25) is 0 Å². The van der Waals surface area contributed by atoms with Crippen LogP contribution in [0.15, 0.2) is 39.7 Å². The number of rotatable bonds is 8. The second-order valence-corrected chi connectivity index (χ2v) is 5.58. The first kappa shape index (κ1) is 18.7. The van der Waals surface area contributed by atoms with Crippen molar-refractivity contribution in [2.24, 2.45) is 4.99 Å². The first-order valence-corrected chi connectivity index (χ1v) is 8.47. The summed E-state index contributed by atoms with van der Waals surface area (Å²) in [7, 11) is 1.65. The minimum atomic E-state index is 0.542. The maximum absolute atomic E-state index is 5.70. The van der Waals surface area contributed by atoms with Crippen LogP contribution in [0.25, 0.3) is 0 Å². The molecule has 1 heterocycles. The normalized spacial score (nSPS) is 11.3. The van der Waals surface area contributed by atoms with Gasteiger partial charge in [0, 0.05) is 12.1 Å². The molecular formula is C19H27N3O3. The number of aryl methyl sites for hydroxylation is 2. The molecule has 0 aliphatic heterocycles. The van der Waals surface area contributed by atoms with Gasteiger partial charge in [-0.05, 0) is 51.1 Å². The molecule has 0 radical (unpaired) electrons. The summed E-state index contributed by atoms with van der Waals surface area (Å²) in [6, 6.07) is 9.56. The van der Waals surface area contributed by atoms with Crippen LogP contribution in [0.2, 0.25) is 0 Å². The summed E-state index contributed by atoms with van der Waals surface area (Å²) in [5, 5.41) is 6.50. The first-order chi connectivity index (χ1) is 12.1. The molecule has 0 fully saturated rings. The van der Waals surface area contributed by atoms with Gasteiger partial charge in [-0.3, -0.25) is 0 Å². The fourth-order valence-corrected chi connectivity index (χ4v) is 2.36. The van der Waals surface area contributed by atoms with Gasteiger partial charge in [-0.25, -0.2) is 4.99 Å². The Morgan fingerprint density at radius 3 is 2.44 bits per heavy atom. The van der Waals surface area contributed by atoms with E-state index in [-0.39, 0.29) is 0 Å². The van der Waals surface area contributed by atoms with Crippen LogP contribution in [-0.4, -0.2) is 32.8 Å². The molecule has 0 amide bonds. The Balaban J connectivity index is 1.80. The standard InChI is InChI=1S/C19H27N3O3/c1-5-20-19(22-13-16-12-14(2)25-15(16)3)21-10-11-24-18-8-6-17(23-4)7-9-18/h6-9,12H,5,10-11,13H2,1-4H3,(H2,20,21,22). The molecule has 136 valence electrons. The highest BCUT2D eigenvalue weighted by atomic mass is 16.5. The maximum atomic E-state index is 5.70. The van der Waals surface area contributed by atoms with Crippen LogP contribution >= 0.6 is 0 Å². The number of aliphatic imine (C=N–C) groups is 1. The summed E-state index contributed by atoms with van der Waals surface area (Å²) in [5.41, 5.74) is 1.10. The molecule has 1 aromatic carbocycles. The molecule has 0 aliphatic carbocycles. The van der Waals surface area contributed by atoms with Crippen molar-refractivity contribution in [1.82, 2.24) is 10.6 Å². The monoisotopic (exact) mass is 345 g/mol. The van der Waals surface area contributed by atoms with Crippen molar-refractivity contribution in [2.45, 2.75) is 27.3 Å². The van der Waals surface area contributed by atoms with Gasteiger partial charge in [-0.2, -0.15) is 0 Å². The summed E-state index contributed by atoms with van der Waals surface area (Å²) >= 11 is 0. The van der Waals surface area contributed by atoms with E-state index in [1.807, 2.05) is 51.1 Å². The maximum Gasteiger partial charge on any atom is 0.191 e. The second kappa shape index (κ2) is 9.61. The van der Waals surface area contributed by atoms with Gasteiger partial charge >= 0.3 is 0 Å². The van der Waals surface area contributed by atoms with Gasteiger partial charge in [0.1, 0.15) is 29.6 Å². The zero-order valence-electron chi connectivity index (χ0n) is 15.4. The number of nitrogens with zero attached hydrogens (tertiary/aromatic N) is 1. The highest BCUT2D eigenvalue weighted by Gasteiger charge is 2.04. The van der Waals surface area contributed by atoms with E-state index in [0.29, 0.717) is 19.7 Å². The van der Waals surface area contributed by atoms with Crippen LogP contribution in [0.1, 0.15) is 24.0 Å². The zero-order chi connectivity index (χ0) is 18.1. The van der Waals surface area contributed by atoms with E-state index in [4.69, 9.17) is 13.9 Å². The molecular weight excluding hydrogens is 318 g/mol. The largest absolute Gasteiger partial charge is 0.497 e. The van der Waals surface area contributed by atoms with Crippen molar-refractivity contribution >= 4 is 5.96 Å². The molecule has 0 aliphatic rings. The quantitative estimate of drug-likeness (QED) is 0.437. The van der Waals surface area contributed by atoms with E-state index in [9.17, 15) is 0 Å². The van der Waals surface area contributed by atoms with E-state index in [1.165, 1.54) is 0 Å². The van der Waals surface area contributed by atoms with Gasteiger partial charge in [0.15, 0.2) is 5.96 Å². The third kappa shape index (κ3) is 6.06. The zero-order valence-corrected chi connectivity index (χ0v) is 15.4. The Bertz CT molecular complexity index is 678. The molecule has 6 heteroatoms. The Hall–Kier alpha value is -2.63. The molecule has 0 saturated carbocycles.